The second-order valence-corrected chi connectivity index (χ2v) is 6.75. The average Bonchev–Trinajstić information content (AvgIpc) is 2.55. The lowest BCUT2D eigenvalue weighted by Crippen LogP contribution is -2.49. The molecular weight excluding hydrogens is 290 g/mol. The summed E-state index contributed by atoms with van der Waals surface area (Å²) in [7, 11) is 3.81. The molecule has 0 amide bonds. The van der Waals surface area contributed by atoms with Crippen LogP contribution in [0.3, 0.4) is 0 Å². The zero-order valence-corrected chi connectivity index (χ0v) is 14.3. The summed E-state index contributed by atoms with van der Waals surface area (Å²) in [6.07, 6.45) is 5.76. The maximum Gasteiger partial charge on any atom is 0.161 e. The van der Waals surface area contributed by atoms with Crippen LogP contribution in [0.15, 0.2) is 35.6 Å². The second kappa shape index (κ2) is 5.60. The third kappa shape index (κ3) is 2.32. The molecule has 0 radical (unpaired) electrons. The van der Waals surface area contributed by atoms with E-state index in [1.807, 2.05) is 19.1 Å². The number of phenolic OH excluding ortho intramolecular Hbond substituents is 2. The molecule has 0 bridgehead atoms. The monoisotopic (exact) mass is 315 g/mol. The molecule has 1 aliphatic carbocycles. The smallest absolute Gasteiger partial charge is 0.161 e. The molecule has 3 rings (SSSR count). The number of allylic oxidation sites excluding steroid dienone is 3. The summed E-state index contributed by atoms with van der Waals surface area (Å²) in [5.41, 5.74) is 2.79. The van der Waals surface area contributed by atoms with Crippen LogP contribution in [-0.4, -0.2) is 41.9 Å². The number of methoxy groups -OCH3 is 1. The Balaban J connectivity index is 2.24. The second-order valence-electron chi connectivity index (χ2n) is 6.75. The van der Waals surface area contributed by atoms with Crippen molar-refractivity contribution in [2.75, 3.05) is 20.7 Å². The summed E-state index contributed by atoms with van der Waals surface area (Å²) in [5, 5.41) is 20.7. The fourth-order valence-corrected chi connectivity index (χ4v) is 4.15. The van der Waals surface area contributed by atoms with Crippen molar-refractivity contribution in [3.05, 3.63) is 46.7 Å². The van der Waals surface area contributed by atoms with E-state index in [0.717, 1.165) is 29.9 Å². The fraction of sp³-hybridized carbons (Fsp3) is 0.474. The van der Waals surface area contributed by atoms with Gasteiger partial charge < -0.3 is 14.9 Å². The number of benzene rings is 1. The van der Waals surface area contributed by atoms with E-state index in [1.165, 1.54) is 5.57 Å². The molecule has 1 aromatic carbocycles. The molecule has 0 aromatic heterocycles. The van der Waals surface area contributed by atoms with E-state index in [2.05, 4.69) is 24.9 Å². The van der Waals surface area contributed by atoms with Gasteiger partial charge in [-0.3, -0.25) is 4.90 Å². The summed E-state index contributed by atoms with van der Waals surface area (Å²) >= 11 is 0. The van der Waals surface area contributed by atoms with Gasteiger partial charge in [-0.25, -0.2) is 0 Å². The van der Waals surface area contributed by atoms with Crippen LogP contribution in [0.4, 0.5) is 0 Å². The molecule has 2 aliphatic rings. The van der Waals surface area contributed by atoms with Crippen molar-refractivity contribution in [2.24, 2.45) is 0 Å². The van der Waals surface area contributed by atoms with Gasteiger partial charge in [0.15, 0.2) is 11.5 Å². The predicted molar refractivity (Wildman–Crippen MR) is 90.7 cm³/mol. The molecule has 1 saturated heterocycles. The fourth-order valence-electron chi connectivity index (χ4n) is 4.15. The van der Waals surface area contributed by atoms with Crippen molar-refractivity contribution in [2.45, 2.75) is 38.1 Å². The van der Waals surface area contributed by atoms with Gasteiger partial charge in [0.05, 0.1) is 12.9 Å². The van der Waals surface area contributed by atoms with Crippen LogP contribution in [0.2, 0.25) is 0 Å². The van der Waals surface area contributed by atoms with Crippen molar-refractivity contribution in [3.63, 3.8) is 0 Å². The van der Waals surface area contributed by atoms with Gasteiger partial charge in [0.2, 0.25) is 0 Å². The number of likely N-dealkylation sites (N-methyl/N-ethyl adjacent to an activating group) is 1. The lowest BCUT2D eigenvalue weighted by atomic mass is 9.62. The van der Waals surface area contributed by atoms with Gasteiger partial charge in [0.1, 0.15) is 0 Å². The molecule has 1 aliphatic heterocycles. The molecule has 0 spiro atoms. The molecule has 4 heteroatoms. The van der Waals surface area contributed by atoms with E-state index in [1.54, 1.807) is 13.2 Å². The molecular formula is C19H25NO3. The number of likely N-dealkylation sites (tertiary alicyclic amines) is 1. The molecule has 124 valence electrons. The number of fused-ring (bicyclic) bond motifs is 1. The first kappa shape index (κ1) is 15.9. The Hall–Kier alpha value is -1.94. The van der Waals surface area contributed by atoms with Gasteiger partial charge in [-0.2, -0.15) is 0 Å². The largest absolute Gasteiger partial charge is 0.504 e. The maximum atomic E-state index is 10.6. The number of rotatable bonds is 2. The Morgan fingerprint density at radius 2 is 2.00 bits per heavy atom. The average molecular weight is 315 g/mol. The van der Waals surface area contributed by atoms with Gasteiger partial charge in [-0.1, -0.05) is 12.1 Å². The van der Waals surface area contributed by atoms with Crippen molar-refractivity contribution in [3.8, 4) is 11.5 Å². The van der Waals surface area contributed by atoms with Gasteiger partial charge >= 0.3 is 0 Å². The highest BCUT2D eigenvalue weighted by atomic mass is 16.5. The SMILES string of the molecule is COC1=CC=C2[C@@H](C)N(C)CC[C@]2(c2c(C)ccc(O)c2O)C1. The normalized spacial score (nSPS) is 27.9. The Labute approximate surface area is 137 Å². The highest BCUT2D eigenvalue weighted by molar-refractivity contribution is 5.58. The Kier molecular flexibility index (Phi) is 3.88. The minimum atomic E-state index is -0.321. The minimum Gasteiger partial charge on any atom is -0.504 e. The minimum absolute atomic E-state index is 0.00464. The first-order chi connectivity index (χ1) is 10.9. The van der Waals surface area contributed by atoms with Crippen LogP contribution in [0.25, 0.3) is 0 Å². The number of aromatic hydroxyl groups is 2. The van der Waals surface area contributed by atoms with Gasteiger partial charge in [0.25, 0.3) is 0 Å². The van der Waals surface area contributed by atoms with Gasteiger partial charge in [-0.15, -0.1) is 0 Å². The van der Waals surface area contributed by atoms with Crippen molar-refractivity contribution < 1.29 is 14.9 Å². The van der Waals surface area contributed by atoms with E-state index in [-0.39, 0.29) is 23.0 Å². The van der Waals surface area contributed by atoms with Crippen LogP contribution >= 0.6 is 0 Å². The standard InChI is InChI=1S/C19H25NO3/c1-12-5-8-16(21)18(22)17(12)19-9-10-20(3)13(2)15(19)7-6-14(11-19)23-4/h5-8,13,21-22H,9-11H2,1-4H3/t13-,19+/m1/s1. The molecule has 0 unspecified atom stereocenters. The highest BCUT2D eigenvalue weighted by Crippen LogP contribution is 2.53. The molecule has 23 heavy (non-hydrogen) atoms. The molecule has 4 nitrogen and oxygen atoms in total. The quantitative estimate of drug-likeness (QED) is 0.823. The lowest BCUT2D eigenvalue weighted by molar-refractivity contribution is 0.167. The number of hydrogen-bond donors (Lipinski definition) is 2. The summed E-state index contributed by atoms with van der Waals surface area (Å²) in [4.78, 5) is 2.32. The predicted octanol–water partition coefficient (Wildman–Crippen LogP) is 3.23. The van der Waals surface area contributed by atoms with Gasteiger partial charge in [-0.05, 0) is 57.1 Å². The molecule has 2 atom stereocenters. The molecule has 0 saturated carbocycles. The summed E-state index contributed by atoms with van der Waals surface area (Å²) in [6, 6.07) is 3.71. The molecule has 1 fully saturated rings. The maximum absolute atomic E-state index is 10.6. The van der Waals surface area contributed by atoms with E-state index < -0.39 is 0 Å². The Bertz CT molecular complexity index is 692. The molecule has 2 N–H and O–H groups in total. The van der Waals surface area contributed by atoms with Crippen LogP contribution in [0.5, 0.6) is 11.5 Å². The summed E-state index contributed by atoms with van der Waals surface area (Å²) in [6.45, 7) is 5.12. The van der Waals surface area contributed by atoms with E-state index in [9.17, 15) is 10.2 Å². The number of phenols is 2. The Morgan fingerprint density at radius 3 is 2.70 bits per heavy atom. The van der Waals surface area contributed by atoms with E-state index in [0.29, 0.717) is 6.42 Å². The number of nitrogens with zero attached hydrogens (tertiary/aromatic N) is 1. The highest BCUT2D eigenvalue weighted by Gasteiger charge is 2.47. The zero-order chi connectivity index (χ0) is 16.8. The van der Waals surface area contributed by atoms with Crippen molar-refractivity contribution in [1.29, 1.82) is 0 Å². The van der Waals surface area contributed by atoms with E-state index in [4.69, 9.17) is 4.74 Å². The van der Waals surface area contributed by atoms with Gasteiger partial charge in [0, 0.05) is 23.4 Å². The third-order valence-corrected chi connectivity index (χ3v) is 5.59. The topological polar surface area (TPSA) is 52.9 Å². The number of piperidine rings is 1. The molecule has 1 heterocycles. The zero-order valence-electron chi connectivity index (χ0n) is 14.3. The van der Waals surface area contributed by atoms with Crippen molar-refractivity contribution in [1.82, 2.24) is 4.90 Å². The van der Waals surface area contributed by atoms with E-state index >= 15 is 0 Å². The first-order valence-electron chi connectivity index (χ1n) is 8.08. The first-order valence-corrected chi connectivity index (χ1v) is 8.08. The molecule has 1 aromatic rings. The lowest BCUT2D eigenvalue weighted by Gasteiger charge is -2.49. The van der Waals surface area contributed by atoms with Crippen LogP contribution in [0, 0.1) is 6.92 Å². The summed E-state index contributed by atoms with van der Waals surface area (Å²) < 4.78 is 5.52. The number of hydrogen-bond acceptors (Lipinski definition) is 4. The van der Waals surface area contributed by atoms with Crippen molar-refractivity contribution >= 4 is 0 Å². The number of ether oxygens (including phenoxy) is 1. The van der Waals surface area contributed by atoms with Crippen LogP contribution in [-0.2, 0) is 10.2 Å². The summed E-state index contributed by atoms with van der Waals surface area (Å²) in [5.74, 6) is 0.858. The Morgan fingerprint density at radius 1 is 1.26 bits per heavy atom. The van der Waals surface area contributed by atoms with Crippen LogP contribution in [0.1, 0.15) is 30.9 Å². The third-order valence-electron chi connectivity index (χ3n) is 5.59. The number of aryl methyl sites for hydroxylation is 1. The van der Waals surface area contributed by atoms with Crippen LogP contribution < -0.4 is 0 Å².